The first kappa shape index (κ1) is 25.2. The summed E-state index contributed by atoms with van der Waals surface area (Å²) in [5, 5.41) is 10.8. The number of aryl methyl sites for hydroxylation is 2. The zero-order chi connectivity index (χ0) is 25.9. The quantitative estimate of drug-likeness (QED) is 0.182. The third-order valence-corrected chi connectivity index (χ3v) is 7.79. The summed E-state index contributed by atoms with van der Waals surface area (Å²) in [6.07, 6.45) is 0.884. The molecule has 0 aliphatic carbocycles. The molecule has 0 bridgehead atoms. The molecule has 0 saturated carbocycles. The number of hydrogen-bond donors (Lipinski definition) is 1. The summed E-state index contributed by atoms with van der Waals surface area (Å²) in [7, 11) is 0. The van der Waals surface area contributed by atoms with Crippen LogP contribution in [0.3, 0.4) is 0 Å². The molecule has 37 heavy (non-hydrogen) atoms. The minimum atomic E-state index is -0.230. The minimum absolute atomic E-state index is 0.100. The number of thiophene rings is 1. The van der Waals surface area contributed by atoms with E-state index in [-0.39, 0.29) is 24.1 Å². The fourth-order valence-corrected chi connectivity index (χ4v) is 5.69. The van der Waals surface area contributed by atoms with Gasteiger partial charge in [-0.2, -0.15) is 0 Å². The topological polar surface area (TPSA) is 59.0 Å². The van der Waals surface area contributed by atoms with Crippen molar-refractivity contribution in [1.29, 1.82) is 0 Å². The molecule has 0 atom stereocenters. The number of rotatable bonds is 10. The Hall–Kier alpha value is -3.42. The van der Waals surface area contributed by atoms with E-state index < -0.39 is 0 Å². The molecular formula is C30H30FNO4S. The molecule has 0 unspecified atom stereocenters. The molecule has 4 aromatic rings. The third kappa shape index (κ3) is 5.63. The van der Waals surface area contributed by atoms with Crippen LogP contribution in [-0.4, -0.2) is 48.7 Å². The molecule has 5 nitrogen and oxygen atoms in total. The Morgan fingerprint density at radius 2 is 1.81 bits per heavy atom. The molecule has 1 aromatic heterocycles. The van der Waals surface area contributed by atoms with E-state index in [0.29, 0.717) is 28.5 Å². The predicted octanol–water partition coefficient (Wildman–Crippen LogP) is 6.92. The summed E-state index contributed by atoms with van der Waals surface area (Å²) >= 11 is 1.32. The van der Waals surface area contributed by atoms with Gasteiger partial charge in [0.1, 0.15) is 22.1 Å². The van der Waals surface area contributed by atoms with Gasteiger partial charge in [-0.05, 0) is 74.4 Å². The largest absolute Gasteiger partial charge is 0.508 e. The molecule has 5 rings (SSSR count). The number of ether oxygens (including phenoxy) is 2. The van der Waals surface area contributed by atoms with Crippen LogP contribution in [-0.2, 0) is 0 Å². The van der Waals surface area contributed by atoms with Crippen LogP contribution in [0.2, 0.25) is 0 Å². The molecule has 1 aliphatic rings. The Kier molecular flexibility index (Phi) is 7.44. The maximum absolute atomic E-state index is 13.6. The Balaban J connectivity index is 1.31. The molecule has 1 fully saturated rings. The van der Waals surface area contributed by atoms with Crippen molar-refractivity contribution < 1.29 is 23.8 Å². The van der Waals surface area contributed by atoms with E-state index in [9.17, 15) is 14.3 Å². The number of hydrogen-bond acceptors (Lipinski definition) is 6. The summed E-state index contributed by atoms with van der Waals surface area (Å²) in [4.78, 5) is 16.4. The predicted molar refractivity (Wildman–Crippen MR) is 145 cm³/mol. The number of halogens is 1. The number of phenolic OH excluding ortho intramolecular Hbond substituents is 1. The summed E-state index contributed by atoms with van der Waals surface area (Å²) in [5.74, 6) is 2.06. The van der Waals surface area contributed by atoms with Crippen LogP contribution >= 0.6 is 11.3 Å². The van der Waals surface area contributed by atoms with Crippen LogP contribution in [0.15, 0.2) is 60.7 Å². The monoisotopic (exact) mass is 519 g/mol. The van der Waals surface area contributed by atoms with Gasteiger partial charge < -0.3 is 19.5 Å². The van der Waals surface area contributed by atoms with E-state index >= 15 is 0 Å². The third-order valence-electron chi connectivity index (χ3n) is 6.65. The highest BCUT2D eigenvalue weighted by Crippen LogP contribution is 2.43. The van der Waals surface area contributed by atoms with Crippen molar-refractivity contribution in [3.63, 3.8) is 0 Å². The second-order valence-corrected chi connectivity index (χ2v) is 10.7. The van der Waals surface area contributed by atoms with E-state index in [1.54, 1.807) is 18.2 Å². The second-order valence-electron chi connectivity index (χ2n) is 9.64. The van der Waals surface area contributed by atoms with Gasteiger partial charge in [0.15, 0.2) is 5.75 Å². The molecular weight excluding hydrogens is 489 g/mol. The first-order chi connectivity index (χ1) is 17.9. The standard InChI is InChI=1S/C30H30FNO4S/c1-19-4-5-20(2)26(14-19)28(34)30-29(25-11-6-22(33)15-27(25)37-30)36-24-9-7-23(8-10-24)35-13-3-12-32-17-21(16-31)18-32/h4-11,14-15,21,33H,3,12-13,16-18H2,1-2H3. The molecule has 3 aromatic carbocycles. The highest BCUT2D eigenvalue weighted by Gasteiger charge is 2.26. The zero-order valence-corrected chi connectivity index (χ0v) is 21.8. The number of carbonyl (C=O) groups excluding carboxylic acids is 1. The van der Waals surface area contributed by atoms with Gasteiger partial charge in [-0.3, -0.25) is 9.18 Å². The number of likely N-dealkylation sites (tertiary alicyclic amines) is 1. The van der Waals surface area contributed by atoms with Crippen molar-refractivity contribution in [2.24, 2.45) is 5.92 Å². The zero-order valence-electron chi connectivity index (χ0n) is 21.0. The van der Waals surface area contributed by atoms with Crippen molar-refractivity contribution in [3.8, 4) is 23.0 Å². The molecule has 1 aliphatic heterocycles. The van der Waals surface area contributed by atoms with Gasteiger partial charge in [0.05, 0.1) is 13.3 Å². The lowest BCUT2D eigenvalue weighted by atomic mass is 10.0. The number of fused-ring (bicyclic) bond motifs is 1. The van der Waals surface area contributed by atoms with Crippen molar-refractivity contribution in [3.05, 3.63) is 82.2 Å². The lowest BCUT2D eigenvalue weighted by Crippen LogP contribution is -2.48. The van der Waals surface area contributed by atoms with Gasteiger partial charge in [-0.15, -0.1) is 11.3 Å². The highest BCUT2D eigenvalue weighted by molar-refractivity contribution is 7.21. The summed E-state index contributed by atoms with van der Waals surface area (Å²) in [6.45, 7) is 6.84. The molecule has 0 spiro atoms. The fraction of sp³-hybridized carbons (Fsp3) is 0.300. The summed E-state index contributed by atoms with van der Waals surface area (Å²) in [6, 6.07) is 18.2. The molecule has 1 saturated heterocycles. The SMILES string of the molecule is Cc1ccc(C)c(C(=O)c2sc3cc(O)ccc3c2Oc2ccc(OCCCN3CC(CF)C3)cc2)c1. The van der Waals surface area contributed by atoms with Gasteiger partial charge in [-0.1, -0.05) is 17.7 Å². The maximum Gasteiger partial charge on any atom is 0.207 e. The number of nitrogens with zero attached hydrogens (tertiary/aromatic N) is 1. The normalized spacial score (nSPS) is 14.0. The summed E-state index contributed by atoms with van der Waals surface area (Å²) in [5.41, 5.74) is 2.56. The van der Waals surface area contributed by atoms with Gasteiger partial charge in [-0.25, -0.2) is 0 Å². The van der Waals surface area contributed by atoms with Gasteiger partial charge in [0.25, 0.3) is 0 Å². The van der Waals surface area contributed by atoms with Gasteiger partial charge in [0, 0.05) is 41.2 Å². The lowest BCUT2D eigenvalue weighted by Gasteiger charge is -2.37. The van der Waals surface area contributed by atoms with Crippen LogP contribution in [0, 0.1) is 19.8 Å². The molecule has 0 radical (unpaired) electrons. The van der Waals surface area contributed by atoms with Crippen molar-refractivity contribution in [1.82, 2.24) is 4.90 Å². The Labute approximate surface area is 220 Å². The van der Waals surface area contributed by atoms with E-state index in [1.807, 2.05) is 56.3 Å². The molecule has 2 heterocycles. The Morgan fingerprint density at radius 3 is 2.57 bits per heavy atom. The van der Waals surface area contributed by atoms with Gasteiger partial charge >= 0.3 is 0 Å². The molecule has 7 heteroatoms. The van der Waals surface area contributed by atoms with Crippen LogP contribution in [0.4, 0.5) is 4.39 Å². The molecule has 0 amide bonds. The van der Waals surface area contributed by atoms with Crippen LogP contribution in [0.1, 0.15) is 32.8 Å². The minimum Gasteiger partial charge on any atom is -0.508 e. The van der Waals surface area contributed by atoms with Crippen LogP contribution < -0.4 is 9.47 Å². The number of phenols is 1. The maximum atomic E-state index is 13.6. The first-order valence-corrected chi connectivity index (χ1v) is 13.3. The number of benzene rings is 3. The number of ketones is 1. The van der Waals surface area contributed by atoms with Crippen molar-refractivity contribution in [2.75, 3.05) is 32.9 Å². The Morgan fingerprint density at radius 1 is 1.05 bits per heavy atom. The van der Waals surface area contributed by atoms with E-state index in [1.165, 1.54) is 11.3 Å². The Bertz CT molecular complexity index is 1410. The number of alkyl halides is 1. The highest BCUT2D eigenvalue weighted by atomic mass is 32.1. The second kappa shape index (κ2) is 10.9. The van der Waals surface area contributed by atoms with E-state index in [0.717, 1.165) is 53.0 Å². The number of aromatic hydroxyl groups is 1. The average molecular weight is 520 g/mol. The van der Waals surface area contributed by atoms with Crippen LogP contribution in [0.5, 0.6) is 23.0 Å². The fourth-order valence-electron chi connectivity index (χ4n) is 4.57. The van der Waals surface area contributed by atoms with Gasteiger partial charge in [0.2, 0.25) is 5.78 Å². The smallest absolute Gasteiger partial charge is 0.207 e. The van der Waals surface area contributed by atoms with E-state index in [2.05, 4.69) is 4.90 Å². The average Bonchev–Trinajstić information content (AvgIpc) is 3.22. The van der Waals surface area contributed by atoms with Crippen molar-refractivity contribution in [2.45, 2.75) is 20.3 Å². The van der Waals surface area contributed by atoms with Crippen molar-refractivity contribution >= 4 is 27.2 Å². The van der Waals surface area contributed by atoms with Crippen LogP contribution in [0.25, 0.3) is 10.1 Å². The number of carbonyl (C=O) groups is 1. The lowest BCUT2D eigenvalue weighted by molar-refractivity contribution is 0.0755. The summed E-state index contributed by atoms with van der Waals surface area (Å²) < 4.78 is 25.5. The van der Waals surface area contributed by atoms with E-state index in [4.69, 9.17) is 9.47 Å². The molecule has 192 valence electrons. The first-order valence-electron chi connectivity index (χ1n) is 12.5. The molecule has 1 N–H and O–H groups in total.